The lowest BCUT2D eigenvalue weighted by Gasteiger charge is -2.39. The number of piperidine rings is 1. The lowest BCUT2D eigenvalue weighted by Crippen LogP contribution is -2.54. The summed E-state index contributed by atoms with van der Waals surface area (Å²) in [6, 6.07) is 7.91. The van der Waals surface area contributed by atoms with Crippen LogP contribution in [0, 0.1) is 24.7 Å². The number of nitrogens with zero attached hydrogens (tertiary/aromatic N) is 3. The van der Waals surface area contributed by atoms with Gasteiger partial charge in [0.05, 0.1) is 36.8 Å². The van der Waals surface area contributed by atoms with Crippen molar-refractivity contribution in [3.63, 3.8) is 0 Å². The summed E-state index contributed by atoms with van der Waals surface area (Å²) in [6.45, 7) is 29.8. The van der Waals surface area contributed by atoms with Gasteiger partial charge in [-0.15, -0.1) is 0 Å². The molecule has 2 fully saturated rings. The van der Waals surface area contributed by atoms with Gasteiger partial charge < -0.3 is 34.8 Å². The van der Waals surface area contributed by atoms with Crippen LogP contribution in [-0.4, -0.2) is 135 Å². The van der Waals surface area contributed by atoms with Gasteiger partial charge in [0.15, 0.2) is 0 Å². The van der Waals surface area contributed by atoms with Gasteiger partial charge in [-0.25, -0.2) is 0 Å². The standard InChI is InChI=1S/C24H35N3O4S.C13H26N2O3.C7H17N.C3H8.2C2H6/c1-16-7-9-18(10-8-16)14-20(24(30)26-32-19-11-12-19)25-23(29)17(2)22(31-3)21-6-4-5-13-27(21)15-28;1-6-10(3)13(11(7-2)18-5)15(4)12(17)8-14-9-16;1-6(2)7(3)8(4)5;1-3-2;2*1-2/h7-10,15,17,19-22H,4-6,11-14H2,1-3H3,(H,25,29)(H,26,30);9-11,13H,6-8H2,1-5H3,(H,14,16);6-7H,1-5H3;3H2,1-2H3;2*1-2H3/t17-,20+,21+,22-;10-,11+,13?;;;;/m10..../s1. The molecule has 3 rings (SSSR count). The van der Waals surface area contributed by atoms with Crippen molar-refractivity contribution in [2.75, 3.05) is 48.5 Å². The monoisotopic (exact) mass is 939 g/mol. The first-order chi connectivity index (χ1) is 30.9. The van der Waals surface area contributed by atoms with Crippen molar-refractivity contribution in [2.45, 2.75) is 196 Å². The van der Waals surface area contributed by atoms with Crippen molar-refractivity contribution < 1.29 is 33.4 Å². The number of amides is 5. The van der Waals surface area contributed by atoms with E-state index in [1.165, 1.54) is 18.4 Å². The number of likely N-dealkylation sites (N-methyl/N-ethyl adjacent to an activating group) is 1. The minimum Gasteiger partial charge on any atom is -0.379 e. The Morgan fingerprint density at radius 1 is 0.846 bits per heavy atom. The second-order valence-electron chi connectivity index (χ2n) is 17.1. The Kier molecular flexibility index (Phi) is 40.6. The molecule has 1 aliphatic heterocycles. The van der Waals surface area contributed by atoms with Crippen molar-refractivity contribution in [1.82, 2.24) is 30.1 Å². The van der Waals surface area contributed by atoms with Crippen LogP contribution in [0.15, 0.2) is 24.3 Å². The minimum absolute atomic E-state index is 0.0186. The molecule has 1 aliphatic carbocycles. The van der Waals surface area contributed by atoms with Gasteiger partial charge in [0.25, 0.3) is 5.91 Å². The van der Waals surface area contributed by atoms with E-state index >= 15 is 0 Å². The van der Waals surface area contributed by atoms with Gasteiger partial charge in [0.2, 0.25) is 24.6 Å². The lowest BCUT2D eigenvalue weighted by atomic mass is 9.89. The second-order valence-corrected chi connectivity index (χ2v) is 18.3. The zero-order valence-electron chi connectivity index (χ0n) is 44.6. The van der Waals surface area contributed by atoms with Crippen LogP contribution in [0.4, 0.5) is 0 Å². The van der Waals surface area contributed by atoms with Crippen molar-refractivity contribution >= 4 is 42.5 Å². The van der Waals surface area contributed by atoms with E-state index in [1.807, 2.05) is 65.8 Å². The Morgan fingerprint density at radius 3 is 1.83 bits per heavy atom. The first-order valence-electron chi connectivity index (χ1n) is 24.6. The molecule has 8 atom stereocenters. The zero-order chi connectivity index (χ0) is 50.7. The summed E-state index contributed by atoms with van der Waals surface area (Å²) in [5, 5.41) is 5.84. The van der Waals surface area contributed by atoms with Crippen LogP contribution in [-0.2, 0) is 39.9 Å². The molecular formula is C51H98N6O7S. The summed E-state index contributed by atoms with van der Waals surface area (Å²) >= 11 is 1.44. The molecule has 0 aromatic heterocycles. The first kappa shape index (κ1) is 66.1. The lowest BCUT2D eigenvalue weighted by molar-refractivity contribution is -0.138. The molecule has 13 nitrogen and oxygen atoms in total. The highest BCUT2D eigenvalue weighted by molar-refractivity contribution is 7.98. The smallest absolute Gasteiger partial charge is 0.252 e. The molecule has 0 spiro atoms. The van der Waals surface area contributed by atoms with Gasteiger partial charge in [-0.1, -0.05) is 126 Å². The SMILES string of the molecule is CC.CC.CC(C)C(C)N(C)C.CCC.CC[C@H](C)C([C@@H](CC)OC)N(C)C(=O)CNC=O.CO[C@H]([C@@H](C)C(=O)N[C@@H](Cc1ccc(C)cc1)C(=O)NSC1CC1)[C@@H]1CCCCN1C=O. The first-order valence-corrected chi connectivity index (χ1v) is 25.5. The Labute approximate surface area is 402 Å². The zero-order valence-corrected chi connectivity index (χ0v) is 45.4. The van der Waals surface area contributed by atoms with Crippen molar-refractivity contribution in [2.24, 2.45) is 17.8 Å². The average Bonchev–Trinajstić information content (AvgIpc) is 4.16. The molecule has 1 aromatic rings. The molecule has 3 N–H and O–H groups in total. The number of likely N-dealkylation sites (tertiary alicyclic amines) is 1. The van der Waals surface area contributed by atoms with E-state index in [1.54, 1.807) is 38.0 Å². The highest BCUT2D eigenvalue weighted by atomic mass is 32.2. The summed E-state index contributed by atoms with van der Waals surface area (Å²) in [7, 11) is 9.25. The number of hydrogen-bond acceptors (Lipinski definition) is 9. The van der Waals surface area contributed by atoms with Crippen molar-refractivity contribution in [3.05, 3.63) is 35.4 Å². The van der Waals surface area contributed by atoms with Crippen LogP contribution in [0.5, 0.6) is 0 Å². The number of nitrogens with one attached hydrogen (secondary N) is 3. The van der Waals surface area contributed by atoms with Gasteiger partial charge in [0.1, 0.15) is 6.04 Å². The number of ether oxygens (including phenoxy) is 2. The van der Waals surface area contributed by atoms with Gasteiger partial charge in [-0.2, -0.15) is 0 Å². The molecule has 2 aliphatic rings. The fourth-order valence-corrected chi connectivity index (χ4v) is 7.78. The largest absolute Gasteiger partial charge is 0.379 e. The van der Waals surface area contributed by atoms with E-state index < -0.39 is 18.1 Å². The number of methoxy groups -OCH3 is 2. The molecule has 14 heteroatoms. The van der Waals surface area contributed by atoms with Crippen LogP contribution >= 0.6 is 11.9 Å². The van der Waals surface area contributed by atoms with E-state index in [4.69, 9.17) is 9.47 Å². The van der Waals surface area contributed by atoms with Gasteiger partial charge >= 0.3 is 0 Å². The number of hydrogen-bond donors (Lipinski definition) is 3. The highest BCUT2D eigenvalue weighted by Crippen LogP contribution is 2.32. The number of aryl methyl sites for hydroxylation is 1. The van der Waals surface area contributed by atoms with E-state index in [2.05, 4.69) is 82.8 Å². The summed E-state index contributed by atoms with van der Waals surface area (Å²) in [4.78, 5) is 65.5. The van der Waals surface area contributed by atoms with Crippen LogP contribution in [0.1, 0.15) is 153 Å². The molecule has 1 aromatic carbocycles. The molecule has 2 unspecified atom stereocenters. The maximum absolute atomic E-state index is 13.2. The molecule has 1 heterocycles. The topological polar surface area (TPSA) is 150 Å². The number of benzene rings is 1. The molecule has 5 amide bonds. The van der Waals surface area contributed by atoms with Crippen LogP contribution in [0.25, 0.3) is 0 Å². The third kappa shape index (κ3) is 27.3. The molecule has 0 bridgehead atoms. The van der Waals surface area contributed by atoms with Gasteiger partial charge in [-0.05, 0) is 95.8 Å². The summed E-state index contributed by atoms with van der Waals surface area (Å²) in [6.07, 6.45) is 9.47. The maximum Gasteiger partial charge on any atom is 0.252 e. The molecule has 0 radical (unpaired) electrons. The number of carbonyl (C=O) groups is 5. The van der Waals surface area contributed by atoms with E-state index in [-0.39, 0.29) is 42.5 Å². The third-order valence-electron chi connectivity index (χ3n) is 11.6. The average molecular weight is 939 g/mol. The molecule has 1 saturated heterocycles. The maximum atomic E-state index is 13.2. The van der Waals surface area contributed by atoms with E-state index in [0.717, 1.165) is 68.4 Å². The number of carbonyl (C=O) groups excluding carboxylic acids is 5. The number of rotatable bonds is 22. The van der Waals surface area contributed by atoms with Crippen molar-refractivity contribution in [3.8, 4) is 0 Å². The molecular weight excluding hydrogens is 841 g/mol. The predicted molar refractivity (Wildman–Crippen MR) is 274 cm³/mol. The highest BCUT2D eigenvalue weighted by Gasteiger charge is 2.37. The van der Waals surface area contributed by atoms with Crippen LogP contribution in [0.2, 0.25) is 0 Å². The van der Waals surface area contributed by atoms with Crippen LogP contribution < -0.4 is 15.4 Å². The van der Waals surface area contributed by atoms with Gasteiger partial charge in [0, 0.05) is 45.5 Å². The summed E-state index contributed by atoms with van der Waals surface area (Å²) < 4.78 is 14.1. The molecule has 1 saturated carbocycles. The predicted octanol–water partition coefficient (Wildman–Crippen LogP) is 8.70. The summed E-state index contributed by atoms with van der Waals surface area (Å²) in [5.74, 6) is 0.0871. The fraction of sp³-hybridized carbons (Fsp3) is 0.784. The quantitative estimate of drug-likeness (QED) is 0.0767. The molecule has 380 valence electrons. The fourth-order valence-electron chi connectivity index (χ4n) is 6.98. The molecule has 65 heavy (non-hydrogen) atoms. The normalized spacial score (nSPS) is 17.2. The summed E-state index contributed by atoms with van der Waals surface area (Å²) in [5.41, 5.74) is 2.13. The Morgan fingerprint density at radius 2 is 1.42 bits per heavy atom. The van der Waals surface area contributed by atoms with Crippen molar-refractivity contribution in [1.29, 1.82) is 0 Å². The van der Waals surface area contributed by atoms with Crippen LogP contribution in [0.3, 0.4) is 0 Å². The second kappa shape index (κ2) is 39.9. The Hall–Kier alpha value is -3.20. The van der Waals surface area contributed by atoms with E-state index in [0.29, 0.717) is 36.6 Å². The Balaban J connectivity index is -0.000000979. The minimum atomic E-state index is -0.676. The third-order valence-corrected chi connectivity index (χ3v) is 12.7. The van der Waals surface area contributed by atoms with Gasteiger partial charge in [-0.3, -0.25) is 28.7 Å². The van der Waals surface area contributed by atoms with E-state index in [9.17, 15) is 24.0 Å². The Bertz CT molecular complexity index is 1350.